The van der Waals surface area contributed by atoms with Gasteiger partial charge in [-0.25, -0.2) is 0 Å². The number of hydrogen-bond donors (Lipinski definition) is 0. The largest absolute Gasteiger partial charge is 0.497 e. The predicted molar refractivity (Wildman–Crippen MR) is 189 cm³/mol. The molecule has 2 unspecified atom stereocenters. The molecule has 0 aromatic heterocycles. The number of benzene rings is 5. The first-order chi connectivity index (χ1) is 23.7. The van der Waals surface area contributed by atoms with Crippen molar-refractivity contribution in [1.29, 1.82) is 0 Å². The third kappa shape index (κ3) is 9.80. The molecule has 0 aliphatic carbocycles. The molecule has 6 rings (SSSR count). The van der Waals surface area contributed by atoms with E-state index in [2.05, 4.69) is 48.5 Å². The van der Waals surface area contributed by atoms with E-state index in [0.717, 1.165) is 32.9 Å². The zero-order chi connectivity index (χ0) is 32.8. The second-order valence-corrected chi connectivity index (χ2v) is 12.8. The monoisotopic (exact) mass is 662 g/mol. The van der Waals surface area contributed by atoms with Crippen molar-refractivity contribution in [2.75, 3.05) is 13.7 Å². The Morgan fingerprint density at radius 3 is 1.50 bits per heavy atom. The molecule has 0 N–H and O–H groups in total. The van der Waals surface area contributed by atoms with Crippen molar-refractivity contribution >= 4 is 11.8 Å². The lowest BCUT2D eigenvalue weighted by molar-refractivity contribution is -0.254. The number of ether oxygens (including phenoxy) is 6. The van der Waals surface area contributed by atoms with E-state index in [1.165, 1.54) is 0 Å². The summed E-state index contributed by atoms with van der Waals surface area (Å²) < 4.78 is 39.1. The highest BCUT2D eigenvalue weighted by Crippen LogP contribution is 2.38. The summed E-state index contributed by atoms with van der Waals surface area (Å²) in [5, 5.41) is 0. The molecule has 0 spiro atoms. The number of methoxy groups -OCH3 is 1. The van der Waals surface area contributed by atoms with Crippen LogP contribution >= 0.6 is 11.8 Å². The number of hydrogen-bond acceptors (Lipinski definition) is 7. The zero-order valence-electron chi connectivity index (χ0n) is 27.1. The van der Waals surface area contributed by atoms with Crippen molar-refractivity contribution in [3.63, 3.8) is 0 Å². The van der Waals surface area contributed by atoms with Crippen molar-refractivity contribution in [3.05, 3.63) is 168 Å². The van der Waals surface area contributed by atoms with Crippen LogP contribution in [0.15, 0.2) is 150 Å². The Bertz CT molecular complexity index is 1610. The van der Waals surface area contributed by atoms with Crippen LogP contribution in [0.25, 0.3) is 0 Å². The van der Waals surface area contributed by atoms with Crippen LogP contribution in [0.5, 0.6) is 5.75 Å². The fraction of sp³-hybridized carbons (Fsp3) is 0.268. The van der Waals surface area contributed by atoms with E-state index in [0.29, 0.717) is 33.0 Å². The fourth-order valence-electron chi connectivity index (χ4n) is 5.62. The highest BCUT2D eigenvalue weighted by atomic mass is 32.2. The van der Waals surface area contributed by atoms with Gasteiger partial charge in [-0.05, 0) is 46.5 Å². The second kappa shape index (κ2) is 18.0. The predicted octanol–water partition coefficient (Wildman–Crippen LogP) is 8.49. The Hall–Kier alpha value is -3.95. The molecule has 0 bridgehead atoms. The lowest BCUT2D eigenvalue weighted by Crippen LogP contribution is -2.60. The van der Waals surface area contributed by atoms with Gasteiger partial charge in [-0.2, -0.15) is 0 Å². The Morgan fingerprint density at radius 2 is 0.958 bits per heavy atom. The molecule has 1 aliphatic heterocycles. The number of rotatable bonds is 16. The third-order valence-corrected chi connectivity index (χ3v) is 9.31. The highest BCUT2D eigenvalue weighted by molar-refractivity contribution is 7.99. The SMILES string of the molecule is COc1ccc(CO[C@@H]2C(OCc3ccccc3)[C@H](Sc3ccccc3)OC(COCc3ccccc3)[C@@H]2OCc2ccccc2)cc1. The Labute approximate surface area is 287 Å². The summed E-state index contributed by atoms with van der Waals surface area (Å²) in [5.41, 5.74) is 3.87. The van der Waals surface area contributed by atoms with Crippen molar-refractivity contribution < 1.29 is 28.4 Å². The molecule has 7 heteroatoms. The van der Waals surface area contributed by atoms with Gasteiger partial charge >= 0.3 is 0 Å². The summed E-state index contributed by atoms with van der Waals surface area (Å²) >= 11 is 1.63. The highest BCUT2D eigenvalue weighted by Gasteiger charge is 2.49. The second-order valence-electron chi connectivity index (χ2n) is 11.6. The van der Waals surface area contributed by atoms with Gasteiger partial charge in [-0.15, -0.1) is 0 Å². The normalized spacial score (nSPS) is 20.7. The molecule has 1 aliphatic rings. The Balaban J connectivity index is 1.31. The van der Waals surface area contributed by atoms with Crippen LogP contribution in [-0.2, 0) is 50.1 Å². The van der Waals surface area contributed by atoms with Crippen LogP contribution in [0, 0.1) is 0 Å². The minimum atomic E-state index is -0.479. The summed E-state index contributed by atoms with van der Waals surface area (Å²) in [4.78, 5) is 1.08. The molecule has 0 radical (unpaired) electrons. The topological polar surface area (TPSA) is 55.4 Å². The Kier molecular flexibility index (Phi) is 12.7. The smallest absolute Gasteiger partial charge is 0.137 e. The minimum Gasteiger partial charge on any atom is -0.497 e. The minimum absolute atomic E-state index is 0.327. The first kappa shape index (κ1) is 33.9. The van der Waals surface area contributed by atoms with E-state index in [1.54, 1.807) is 18.9 Å². The molecule has 1 saturated heterocycles. The van der Waals surface area contributed by atoms with E-state index in [-0.39, 0.29) is 5.44 Å². The van der Waals surface area contributed by atoms with Crippen LogP contribution < -0.4 is 4.74 Å². The lowest BCUT2D eigenvalue weighted by atomic mass is 9.98. The molecule has 5 aromatic carbocycles. The maximum atomic E-state index is 6.93. The molecular weight excluding hydrogens is 621 g/mol. The molecule has 5 atom stereocenters. The molecule has 5 aromatic rings. The van der Waals surface area contributed by atoms with Crippen LogP contribution in [0.1, 0.15) is 22.3 Å². The van der Waals surface area contributed by atoms with Gasteiger partial charge in [-0.1, -0.05) is 133 Å². The standard InChI is InChI=1S/C41H42O6S/c1-42-35-24-22-34(23-25-35)29-45-39-38(44-27-32-16-8-3-9-17-32)37(30-43-26-31-14-6-2-7-15-31)47-41(48-36-20-12-5-13-21-36)40(39)46-28-33-18-10-4-11-19-33/h2-25,37-41H,26-30H2,1H3/t37?,38-,39-,40?,41-/m0/s1. The molecule has 1 heterocycles. The fourth-order valence-corrected chi connectivity index (χ4v) is 6.77. The van der Waals surface area contributed by atoms with Crippen LogP contribution in [0.3, 0.4) is 0 Å². The first-order valence-corrected chi connectivity index (χ1v) is 17.2. The van der Waals surface area contributed by atoms with Gasteiger partial charge in [0.25, 0.3) is 0 Å². The molecule has 1 fully saturated rings. The summed E-state index contributed by atoms with van der Waals surface area (Å²) in [7, 11) is 1.67. The van der Waals surface area contributed by atoms with Gasteiger partial charge in [0.05, 0.1) is 40.1 Å². The van der Waals surface area contributed by atoms with Gasteiger partial charge < -0.3 is 28.4 Å². The maximum Gasteiger partial charge on any atom is 0.137 e. The van der Waals surface area contributed by atoms with E-state index in [9.17, 15) is 0 Å². The van der Waals surface area contributed by atoms with Crippen LogP contribution in [-0.4, -0.2) is 43.6 Å². The molecular formula is C41H42O6S. The van der Waals surface area contributed by atoms with Crippen molar-refractivity contribution in [2.45, 2.75) is 61.2 Å². The van der Waals surface area contributed by atoms with E-state index >= 15 is 0 Å². The molecule has 0 amide bonds. The van der Waals surface area contributed by atoms with Gasteiger partial charge in [0.2, 0.25) is 0 Å². The molecule has 48 heavy (non-hydrogen) atoms. The molecule has 0 saturated carbocycles. The lowest BCUT2D eigenvalue weighted by Gasteiger charge is -2.46. The average Bonchev–Trinajstić information content (AvgIpc) is 3.15. The summed E-state index contributed by atoms with van der Waals surface area (Å²) in [5.74, 6) is 0.799. The summed E-state index contributed by atoms with van der Waals surface area (Å²) in [6, 6.07) is 48.8. The number of thioether (sulfide) groups is 1. The zero-order valence-corrected chi connectivity index (χ0v) is 28.0. The van der Waals surface area contributed by atoms with Crippen molar-refractivity contribution in [2.24, 2.45) is 0 Å². The van der Waals surface area contributed by atoms with Crippen LogP contribution in [0.2, 0.25) is 0 Å². The van der Waals surface area contributed by atoms with Crippen LogP contribution in [0.4, 0.5) is 0 Å². The van der Waals surface area contributed by atoms with Gasteiger partial charge in [0, 0.05) is 4.90 Å². The average molecular weight is 663 g/mol. The summed E-state index contributed by atoms with van der Waals surface area (Å²) in [6.45, 7) is 1.96. The van der Waals surface area contributed by atoms with Gasteiger partial charge in [0.1, 0.15) is 35.6 Å². The quantitative estimate of drug-likeness (QED) is 0.105. The van der Waals surface area contributed by atoms with Crippen molar-refractivity contribution in [3.8, 4) is 5.75 Å². The van der Waals surface area contributed by atoms with E-state index in [1.807, 2.05) is 97.1 Å². The molecule has 6 nitrogen and oxygen atoms in total. The molecule has 248 valence electrons. The van der Waals surface area contributed by atoms with Gasteiger partial charge in [0.15, 0.2) is 0 Å². The Morgan fingerprint density at radius 1 is 0.500 bits per heavy atom. The van der Waals surface area contributed by atoms with E-state index < -0.39 is 24.4 Å². The maximum absolute atomic E-state index is 6.93. The van der Waals surface area contributed by atoms with E-state index in [4.69, 9.17) is 28.4 Å². The van der Waals surface area contributed by atoms with Crippen molar-refractivity contribution in [1.82, 2.24) is 0 Å². The third-order valence-electron chi connectivity index (χ3n) is 8.15. The van der Waals surface area contributed by atoms with Gasteiger partial charge in [-0.3, -0.25) is 0 Å². The first-order valence-electron chi connectivity index (χ1n) is 16.3. The summed E-state index contributed by atoms with van der Waals surface area (Å²) in [6.07, 6.45) is -1.83.